The van der Waals surface area contributed by atoms with Crippen molar-refractivity contribution in [3.63, 3.8) is 0 Å². The molecule has 0 fully saturated rings. The van der Waals surface area contributed by atoms with E-state index in [-0.39, 0.29) is 0 Å². The van der Waals surface area contributed by atoms with Crippen molar-refractivity contribution >= 4 is 37.3 Å². The van der Waals surface area contributed by atoms with Crippen molar-refractivity contribution in [2.45, 2.75) is 0 Å². The number of nitrogens with zero attached hydrogens (tertiary/aromatic N) is 2. The third kappa shape index (κ3) is 2.89. The first kappa shape index (κ1) is 10.4. The van der Waals surface area contributed by atoms with E-state index in [1.54, 1.807) is 0 Å². The van der Waals surface area contributed by atoms with Crippen LogP contribution in [0.25, 0.3) is 0 Å². The van der Waals surface area contributed by atoms with Crippen LogP contribution in [-0.4, -0.2) is 22.3 Å². The molecule has 0 atom stereocenters. The number of hydrogen-bond donors (Lipinski definition) is 0. The molecule has 0 bridgehead atoms. The van der Waals surface area contributed by atoms with Crippen molar-refractivity contribution in [2.75, 3.05) is 0 Å². The number of hydrogen-bond acceptors (Lipinski definition) is 2. The molecule has 0 saturated carbocycles. The molecule has 0 aliphatic heterocycles. The molecule has 2 nitrogen and oxygen atoms in total. The summed E-state index contributed by atoms with van der Waals surface area (Å²) < 4.78 is 1.15. The summed E-state index contributed by atoms with van der Waals surface area (Å²) in [6.45, 7) is 0. The van der Waals surface area contributed by atoms with Crippen molar-refractivity contribution < 1.29 is 0 Å². The van der Waals surface area contributed by atoms with Crippen LogP contribution < -0.4 is 3.61 Å². The van der Waals surface area contributed by atoms with E-state index in [1.165, 1.54) is 0 Å². The molecule has 2 aromatic carbocycles. The third-order valence-electron chi connectivity index (χ3n) is 1.89. The minimum absolute atomic E-state index is 0.877. The van der Waals surface area contributed by atoms with Gasteiger partial charge < -0.3 is 0 Å². The van der Waals surface area contributed by atoms with Crippen molar-refractivity contribution in [2.24, 2.45) is 10.2 Å². The first-order valence-electron chi connectivity index (χ1n) is 4.59. The fourth-order valence-corrected chi connectivity index (χ4v) is 1.68. The zero-order chi connectivity index (χ0) is 10.5. The molecule has 0 heterocycles. The Kier molecular flexibility index (Phi) is 3.49. The van der Waals surface area contributed by atoms with E-state index in [0.29, 0.717) is 0 Å². The van der Waals surface area contributed by atoms with Gasteiger partial charge in [0.1, 0.15) is 0 Å². The molecular weight excluding hydrogens is 300 g/mol. The molecule has 2 rings (SSSR count). The quantitative estimate of drug-likeness (QED) is 0.602. The van der Waals surface area contributed by atoms with Crippen molar-refractivity contribution in [1.82, 2.24) is 0 Å². The zero-order valence-corrected chi connectivity index (χ0v) is 10.3. The summed E-state index contributed by atoms with van der Waals surface area (Å²) in [5, 5.41) is 8.37. The van der Waals surface area contributed by atoms with E-state index >= 15 is 0 Å². The molecule has 2 aromatic rings. The van der Waals surface area contributed by atoms with Gasteiger partial charge in [0.15, 0.2) is 0 Å². The third-order valence-corrected chi connectivity index (χ3v) is 2.88. The van der Waals surface area contributed by atoms with Gasteiger partial charge in [0.2, 0.25) is 0 Å². The molecule has 73 valence electrons. The van der Waals surface area contributed by atoms with Crippen LogP contribution in [0.4, 0.5) is 11.4 Å². The second-order valence-electron chi connectivity index (χ2n) is 3.00. The minimum atomic E-state index is 0.877. The first-order chi connectivity index (χ1) is 7.36. The van der Waals surface area contributed by atoms with Gasteiger partial charge in [-0.1, -0.05) is 0 Å². The Morgan fingerprint density at radius 2 is 1.40 bits per heavy atom. The molecule has 0 aromatic heterocycles. The normalized spacial score (nSPS) is 10.7. The van der Waals surface area contributed by atoms with Crippen LogP contribution in [0.3, 0.4) is 0 Å². The van der Waals surface area contributed by atoms with Gasteiger partial charge in [0, 0.05) is 0 Å². The number of azo groups is 1. The Morgan fingerprint density at radius 3 is 2.13 bits per heavy atom. The average molecular weight is 309 g/mol. The molecule has 1 radical (unpaired) electrons. The molecular formula is C12H9N2Te. The monoisotopic (exact) mass is 311 g/mol. The molecule has 0 saturated heterocycles. The van der Waals surface area contributed by atoms with Gasteiger partial charge in [-0.05, 0) is 0 Å². The second kappa shape index (κ2) is 5.06. The Labute approximate surface area is 102 Å². The second-order valence-corrected chi connectivity index (χ2v) is 4.26. The van der Waals surface area contributed by atoms with Crippen LogP contribution in [0.15, 0.2) is 64.8 Å². The summed E-state index contributed by atoms with van der Waals surface area (Å²) in [4.78, 5) is 0. The Hall–Kier alpha value is -1.17. The average Bonchev–Trinajstić information content (AvgIpc) is 2.29. The maximum absolute atomic E-state index is 4.20. The van der Waals surface area contributed by atoms with E-state index in [0.717, 1.165) is 15.0 Å². The summed E-state index contributed by atoms with van der Waals surface area (Å²) in [7, 11) is 0. The maximum atomic E-state index is 4.20. The summed E-state index contributed by atoms with van der Waals surface area (Å²) in [6.07, 6.45) is 0. The van der Waals surface area contributed by atoms with Crippen molar-refractivity contribution in [1.29, 1.82) is 0 Å². The standard InChI is InChI=1S/C12H9N2Te/c15-12-9-5-4-8-11(12)14-13-10-6-2-1-3-7-10/h1-9H. The Bertz CT molecular complexity index is 466. The van der Waals surface area contributed by atoms with E-state index in [2.05, 4.69) is 10.2 Å². The summed E-state index contributed by atoms with van der Waals surface area (Å²) in [6, 6.07) is 17.7. The fourth-order valence-electron chi connectivity index (χ4n) is 1.15. The SMILES string of the molecule is [Te]c1ccccc1N=Nc1ccccc1. The molecule has 0 amide bonds. The first-order valence-corrected chi connectivity index (χ1v) is 5.75. The molecule has 0 N–H and O–H groups in total. The van der Waals surface area contributed by atoms with Crippen molar-refractivity contribution in [3.05, 3.63) is 54.6 Å². The van der Waals surface area contributed by atoms with Gasteiger partial charge in [-0.3, -0.25) is 0 Å². The van der Waals surface area contributed by atoms with Gasteiger partial charge in [-0.2, -0.15) is 0 Å². The molecule has 0 spiro atoms. The van der Waals surface area contributed by atoms with Crippen LogP contribution in [0.1, 0.15) is 0 Å². The Balaban J connectivity index is 2.23. The molecule has 15 heavy (non-hydrogen) atoms. The summed E-state index contributed by atoms with van der Waals surface area (Å²) >= 11 is 1.95. The van der Waals surface area contributed by atoms with Gasteiger partial charge in [-0.15, -0.1) is 0 Å². The fraction of sp³-hybridized carbons (Fsp3) is 0. The molecule has 3 heteroatoms. The molecule has 0 aliphatic rings. The van der Waals surface area contributed by atoms with Crippen LogP contribution in [0.5, 0.6) is 0 Å². The van der Waals surface area contributed by atoms with E-state index in [4.69, 9.17) is 0 Å². The summed E-state index contributed by atoms with van der Waals surface area (Å²) in [5.74, 6) is 0. The van der Waals surface area contributed by atoms with Gasteiger partial charge in [0.25, 0.3) is 0 Å². The van der Waals surface area contributed by atoms with Gasteiger partial charge in [0.05, 0.1) is 0 Å². The van der Waals surface area contributed by atoms with Gasteiger partial charge >= 0.3 is 102 Å². The van der Waals surface area contributed by atoms with Gasteiger partial charge in [-0.25, -0.2) is 0 Å². The number of benzene rings is 2. The van der Waals surface area contributed by atoms with E-state index in [9.17, 15) is 0 Å². The van der Waals surface area contributed by atoms with Crippen LogP contribution >= 0.6 is 0 Å². The predicted molar refractivity (Wildman–Crippen MR) is 62.4 cm³/mol. The molecule has 0 aliphatic carbocycles. The van der Waals surface area contributed by atoms with E-state index in [1.807, 2.05) is 76.9 Å². The van der Waals surface area contributed by atoms with E-state index < -0.39 is 0 Å². The van der Waals surface area contributed by atoms with Crippen LogP contribution in [-0.2, 0) is 0 Å². The van der Waals surface area contributed by atoms with Crippen molar-refractivity contribution in [3.8, 4) is 0 Å². The van der Waals surface area contributed by atoms with Crippen LogP contribution in [0, 0.1) is 0 Å². The van der Waals surface area contributed by atoms with Crippen LogP contribution in [0.2, 0.25) is 0 Å². The number of rotatable bonds is 2. The molecule has 0 unspecified atom stereocenters. The zero-order valence-electron chi connectivity index (χ0n) is 8.00. The predicted octanol–water partition coefficient (Wildman–Crippen LogP) is 2.90. The topological polar surface area (TPSA) is 24.7 Å². The summed E-state index contributed by atoms with van der Waals surface area (Å²) in [5.41, 5.74) is 1.80. The Morgan fingerprint density at radius 1 is 0.733 bits per heavy atom.